The van der Waals surface area contributed by atoms with Crippen LogP contribution in [0.3, 0.4) is 0 Å². The molecule has 196 valence electrons. The Hall–Kier alpha value is -1.70. The Morgan fingerprint density at radius 3 is 1.52 bits per heavy atom. The lowest BCUT2D eigenvalue weighted by Crippen LogP contribution is -2.73. The third-order valence-corrected chi connectivity index (χ3v) is 4.69. The monoisotopic (exact) mass is 515 g/mol. The summed E-state index contributed by atoms with van der Waals surface area (Å²) in [6.07, 6.45) is -9.19. The summed E-state index contributed by atoms with van der Waals surface area (Å²) in [5, 5.41) is 0. The van der Waals surface area contributed by atoms with Crippen LogP contribution >= 0.6 is 0 Å². The third kappa shape index (κ3) is 5.20. The standard InChI is InChI=1S/C18H22F13NO/c1-5-7-9-32(12(33)10(3)4)11(8-6-2)13(19,20)14(21,22)15(23,24)16(25,26)17(27,28)18(29,30)31/h11H,3,5-9H2,1-2,4H3. The number of carbonyl (C=O) groups is 1. The first-order chi connectivity index (χ1) is 14.5. The molecular formula is C18H22F13NO. The molecule has 15 heteroatoms. The first-order valence-electron chi connectivity index (χ1n) is 9.42. The Morgan fingerprint density at radius 1 is 0.758 bits per heavy atom. The predicted molar refractivity (Wildman–Crippen MR) is 90.9 cm³/mol. The molecule has 0 heterocycles. The van der Waals surface area contributed by atoms with E-state index in [2.05, 4.69) is 6.58 Å². The van der Waals surface area contributed by atoms with E-state index in [1.54, 1.807) is 0 Å². The van der Waals surface area contributed by atoms with E-state index in [0.717, 1.165) is 13.8 Å². The van der Waals surface area contributed by atoms with E-state index in [0.29, 0.717) is 0 Å². The molecule has 0 aromatic heterocycles. The Labute approximate surface area is 180 Å². The van der Waals surface area contributed by atoms with Crippen LogP contribution in [0.4, 0.5) is 57.1 Å². The van der Waals surface area contributed by atoms with Gasteiger partial charge in [0.1, 0.15) is 6.04 Å². The van der Waals surface area contributed by atoms with Crippen molar-refractivity contribution in [3.63, 3.8) is 0 Å². The molecule has 0 aromatic carbocycles. The molecule has 0 aromatic rings. The highest BCUT2D eigenvalue weighted by molar-refractivity contribution is 5.92. The van der Waals surface area contributed by atoms with Gasteiger partial charge in [-0.25, -0.2) is 0 Å². The minimum absolute atomic E-state index is 0.0423. The van der Waals surface area contributed by atoms with Gasteiger partial charge in [-0.05, 0) is 19.8 Å². The summed E-state index contributed by atoms with van der Waals surface area (Å²) in [5.41, 5.74) is -0.535. The van der Waals surface area contributed by atoms with E-state index in [4.69, 9.17) is 0 Å². The maximum Gasteiger partial charge on any atom is 0.460 e. The van der Waals surface area contributed by atoms with Crippen LogP contribution < -0.4 is 0 Å². The van der Waals surface area contributed by atoms with E-state index < -0.39 is 72.7 Å². The molecule has 0 fully saturated rings. The van der Waals surface area contributed by atoms with Crippen LogP contribution in [0.5, 0.6) is 0 Å². The molecule has 0 rings (SSSR count). The summed E-state index contributed by atoms with van der Waals surface area (Å²) < 4.78 is 176. The molecule has 0 saturated carbocycles. The fraction of sp³-hybridized carbons (Fsp3) is 0.833. The quantitative estimate of drug-likeness (QED) is 0.201. The molecule has 2 nitrogen and oxygen atoms in total. The molecule has 0 radical (unpaired) electrons. The summed E-state index contributed by atoms with van der Waals surface area (Å²) in [4.78, 5) is 12.2. The van der Waals surface area contributed by atoms with Gasteiger partial charge in [-0.3, -0.25) is 4.79 Å². The van der Waals surface area contributed by atoms with Crippen LogP contribution in [0, 0.1) is 0 Å². The molecule has 1 atom stereocenters. The van der Waals surface area contributed by atoms with E-state index >= 15 is 0 Å². The van der Waals surface area contributed by atoms with Crippen LogP contribution in [0.15, 0.2) is 12.2 Å². The van der Waals surface area contributed by atoms with Crippen molar-refractivity contribution < 1.29 is 61.9 Å². The van der Waals surface area contributed by atoms with E-state index in [-0.39, 0.29) is 17.7 Å². The van der Waals surface area contributed by atoms with Gasteiger partial charge in [-0.1, -0.05) is 33.3 Å². The van der Waals surface area contributed by atoms with Crippen molar-refractivity contribution >= 4 is 5.91 Å². The van der Waals surface area contributed by atoms with Crippen molar-refractivity contribution in [2.75, 3.05) is 6.54 Å². The van der Waals surface area contributed by atoms with Crippen molar-refractivity contribution in [3.05, 3.63) is 12.2 Å². The van der Waals surface area contributed by atoms with Gasteiger partial charge < -0.3 is 4.90 Å². The van der Waals surface area contributed by atoms with Crippen LogP contribution in [-0.2, 0) is 4.79 Å². The maximum atomic E-state index is 14.8. The Bertz CT molecular complexity index is 700. The smallest absolute Gasteiger partial charge is 0.330 e. The zero-order valence-electron chi connectivity index (χ0n) is 17.6. The summed E-state index contributed by atoms with van der Waals surface area (Å²) in [6.45, 7) is 5.80. The van der Waals surface area contributed by atoms with Crippen LogP contribution in [-0.4, -0.2) is 59.2 Å². The van der Waals surface area contributed by atoms with E-state index in [9.17, 15) is 61.9 Å². The number of nitrogens with zero attached hydrogens (tertiary/aromatic N) is 1. The average Bonchev–Trinajstić information content (AvgIpc) is 2.65. The fourth-order valence-corrected chi connectivity index (χ4v) is 2.77. The Balaban J connectivity index is 6.82. The van der Waals surface area contributed by atoms with Gasteiger partial charge in [0, 0.05) is 12.1 Å². The second kappa shape index (κ2) is 9.88. The topological polar surface area (TPSA) is 20.3 Å². The second-order valence-electron chi connectivity index (χ2n) is 7.36. The number of carbonyl (C=O) groups excluding carboxylic acids is 1. The molecule has 0 aliphatic heterocycles. The lowest BCUT2D eigenvalue weighted by molar-refractivity contribution is -0.442. The molecule has 33 heavy (non-hydrogen) atoms. The molecule has 0 aliphatic rings. The number of amides is 1. The minimum atomic E-state index is -7.98. The van der Waals surface area contributed by atoms with Crippen LogP contribution in [0.2, 0.25) is 0 Å². The Morgan fingerprint density at radius 2 is 1.18 bits per heavy atom. The van der Waals surface area contributed by atoms with Crippen molar-refractivity contribution in [1.29, 1.82) is 0 Å². The number of rotatable bonds is 12. The van der Waals surface area contributed by atoms with Crippen molar-refractivity contribution in [1.82, 2.24) is 4.90 Å². The largest absolute Gasteiger partial charge is 0.460 e. The zero-order valence-corrected chi connectivity index (χ0v) is 17.6. The predicted octanol–water partition coefficient (Wildman–Crippen LogP) is 7.10. The van der Waals surface area contributed by atoms with Gasteiger partial charge in [-0.2, -0.15) is 57.1 Å². The average molecular weight is 515 g/mol. The SMILES string of the molecule is C=C(C)C(=O)N(CCCC)C(CCC)C(F)(F)C(F)(F)C(F)(F)C(F)(F)C(F)(F)C(F)(F)F. The first-order valence-corrected chi connectivity index (χ1v) is 9.42. The lowest BCUT2D eigenvalue weighted by Gasteiger charge is -2.44. The maximum absolute atomic E-state index is 14.8. The highest BCUT2D eigenvalue weighted by Crippen LogP contribution is 2.61. The molecule has 0 saturated heterocycles. The normalized spacial score (nSPS) is 15.4. The number of hydrogen-bond acceptors (Lipinski definition) is 1. The number of unbranched alkanes of at least 4 members (excludes halogenated alkanes) is 1. The van der Waals surface area contributed by atoms with Crippen LogP contribution in [0.1, 0.15) is 46.5 Å². The molecule has 0 bridgehead atoms. The van der Waals surface area contributed by atoms with Crippen molar-refractivity contribution in [3.8, 4) is 0 Å². The van der Waals surface area contributed by atoms with Gasteiger partial charge in [0.2, 0.25) is 5.91 Å². The lowest BCUT2D eigenvalue weighted by atomic mass is 9.88. The van der Waals surface area contributed by atoms with Gasteiger partial charge >= 0.3 is 35.8 Å². The fourth-order valence-electron chi connectivity index (χ4n) is 2.77. The zero-order chi connectivity index (χ0) is 26.8. The van der Waals surface area contributed by atoms with Gasteiger partial charge in [-0.15, -0.1) is 0 Å². The first kappa shape index (κ1) is 31.3. The van der Waals surface area contributed by atoms with Crippen molar-refractivity contribution in [2.45, 2.75) is 88.3 Å². The molecule has 1 unspecified atom stereocenters. The summed E-state index contributed by atoms with van der Waals surface area (Å²) in [6, 6.07) is -3.26. The third-order valence-electron chi connectivity index (χ3n) is 4.69. The number of halogens is 13. The van der Waals surface area contributed by atoms with Crippen LogP contribution in [0.25, 0.3) is 0 Å². The molecular weight excluding hydrogens is 493 g/mol. The Kier molecular flexibility index (Phi) is 9.38. The molecule has 0 spiro atoms. The van der Waals surface area contributed by atoms with Gasteiger partial charge in [0.25, 0.3) is 0 Å². The highest BCUT2D eigenvalue weighted by atomic mass is 19.4. The summed E-state index contributed by atoms with van der Waals surface area (Å²) >= 11 is 0. The van der Waals surface area contributed by atoms with E-state index in [1.165, 1.54) is 6.92 Å². The van der Waals surface area contributed by atoms with Gasteiger partial charge in [0.05, 0.1) is 0 Å². The number of alkyl halides is 13. The van der Waals surface area contributed by atoms with Gasteiger partial charge in [0.15, 0.2) is 0 Å². The van der Waals surface area contributed by atoms with E-state index in [1.807, 2.05) is 0 Å². The number of hydrogen-bond donors (Lipinski definition) is 0. The molecule has 0 N–H and O–H groups in total. The molecule has 1 amide bonds. The highest BCUT2D eigenvalue weighted by Gasteiger charge is 2.91. The van der Waals surface area contributed by atoms with Crippen molar-refractivity contribution in [2.24, 2.45) is 0 Å². The molecule has 0 aliphatic carbocycles. The summed E-state index contributed by atoms with van der Waals surface area (Å²) in [7, 11) is 0. The minimum Gasteiger partial charge on any atom is -0.330 e. The second-order valence-corrected chi connectivity index (χ2v) is 7.36. The summed E-state index contributed by atoms with van der Waals surface area (Å²) in [5.74, 6) is -38.9.